The third kappa shape index (κ3) is 6.79. The van der Waals surface area contributed by atoms with Crippen LogP contribution < -0.4 is 9.80 Å². The number of hydrogen-bond acceptors (Lipinski definition) is 4. The van der Waals surface area contributed by atoms with Crippen molar-refractivity contribution in [3.63, 3.8) is 0 Å². The second-order valence-corrected chi connectivity index (χ2v) is 20.2. The van der Waals surface area contributed by atoms with Gasteiger partial charge in [-0.25, -0.2) is 4.85 Å². The molecule has 12 aromatic carbocycles. The van der Waals surface area contributed by atoms with Crippen LogP contribution in [0, 0.1) is 17.9 Å². The molecule has 0 radical (unpaired) electrons. The lowest BCUT2D eigenvalue weighted by Crippen LogP contribution is -2.32. The van der Waals surface area contributed by atoms with Crippen LogP contribution in [0.3, 0.4) is 0 Å². The van der Waals surface area contributed by atoms with Crippen molar-refractivity contribution in [1.29, 1.82) is 5.26 Å². The highest BCUT2D eigenvalue weighted by atomic mass is 16.3. The molecule has 0 N–H and O–H groups in total. The van der Waals surface area contributed by atoms with Gasteiger partial charge in [-0.05, 0) is 175 Å². The van der Waals surface area contributed by atoms with Gasteiger partial charge in [-0.1, -0.05) is 164 Å². The van der Waals surface area contributed by atoms with E-state index in [4.69, 9.17) is 11.0 Å². The summed E-state index contributed by atoms with van der Waals surface area (Å²) in [5.41, 5.74) is 22.4. The number of para-hydroxylation sites is 3. The fourth-order valence-electron chi connectivity index (χ4n) is 12.7. The summed E-state index contributed by atoms with van der Waals surface area (Å²) in [6.45, 7) is 7.57. The maximum absolute atomic E-state index is 9.61. The van der Waals surface area contributed by atoms with Gasteiger partial charge >= 0.3 is 0 Å². The van der Waals surface area contributed by atoms with Gasteiger partial charge in [0, 0.05) is 50.5 Å². The van der Waals surface area contributed by atoms with Crippen molar-refractivity contribution in [2.24, 2.45) is 0 Å². The molecule has 13 aromatic rings. The first-order valence-corrected chi connectivity index (χ1v) is 26.2. The van der Waals surface area contributed by atoms with E-state index in [9.17, 15) is 5.26 Å². The Balaban J connectivity index is 0.927. The predicted molar refractivity (Wildman–Crippen MR) is 319 cm³/mol. The first-order chi connectivity index (χ1) is 38.6. The fraction of sp³-hybridized carbons (Fsp3) is 0.0137. The zero-order chi connectivity index (χ0) is 51.9. The Hall–Kier alpha value is -10.7. The van der Waals surface area contributed by atoms with Crippen LogP contribution in [-0.2, 0) is 5.41 Å². The van der Waals surface area contributed by atoms with E-state index in [2.05, 4.69) is 227 Å². The summed E-state index contributed by atoms with van der Waals surface area (Å²) in [6.07, 6.45) is 0. The summed E-state index contributed by atoms with van der Waals surface area (Å²) in [7, 11) is 0. The van der Waals surface area contributed by atoms with E-state index < -0.39 is 5.41 Å². The monoisotopic (exact) mass is 992 g/mol. The van der Waals surface area contributed by atoms with Crippen LogP contribution in [-0.4, -0.2) is 0 Å². The molecule has 1 unspecified atom stereocenters. The van der Waals surface area contributed by atoms with Crippen molar-refractivity contribution in [1.82, 2.24) is 0 Å². The second-order valence-electron chi connectivity index (χ2n) is 20.2. The normalized spacial score (nSPS) is 13.7. The third-order valence-electron chi connectivity index (χ3n) is 16.1. The summed E-state index contributed by atoms with van der Waals surface area (Å²) < 4.78 is 7.04. The quantitative estimate of drug-likeness (QED) is 0.142. The molecular formula is C73H44N4O. The number of fused-ring (bicyclic) bond motifs is 13. The maximum Gasteiger partial charge on any atom is 0.187 e. The largest absolute Gasteiger partial charge is 0.455 e. The smallest absolute Gasteiger partial charge is 0.187 e. The van der Waals surface area contributed by atoms with E-state index in [1.54, 1.807) is 0 Å². The Kier molecular flexibility index (Phi) is 10.2. The van der Waals surface area contributed by atoms with Gasteiger partial charge in [-0.3, -0.25) is 0 Å². The van der Waals surface area contributed by atoms with E-state index in [1.807, 2.05) is 60.7 Å². The molecule has 15 rings (SSSR count). The summed E-state index contributed by atoms with van der Waals surface area (Å²) >= 11 is 0. The highest BCUT2D eigenvalue weighted by Gasteiger charge is 2.51. The van der Waals surface area contributed by atoms with Gasteiger partial charge in [0.1, 0.15) is 11.2 Å². The van der Waals surface area contributed by atoms with Gasteiger partial charge in [0.2, 0.25) is 0 Å². The number of furan rings is 1. The predicted octanol–water partition coefficient (Wildman–Crippen LogP) is 19.8. The molecule has 0 saturated heterocycles. The summed E-state index contributed by atoms with van der Waals surface area (Å²) in [4.78, 5) is 8.12. The standard InChI is InChI=1S/C73H44N4O/c1-75-53-30-38-59(39-31-53)77(55-16-6-3-7-17-55)58-36-26-49(27-37-58)52-29-41-61-60-40-28-51(48-24-34-57(35-25-48)76(54-14-4-2-5-15-54)56-32-22-47(46-74)23-33-56)44-67(60)73(68(61)45-52)65-20-11-13-50-12-10-19-64(70(50)65)71-66(73)43-42-63-62-18-8-9-21-69(62)78-72(63)71/h2-45H. The lowest BCUT2D eigenvalue weighted by Gasteiger charge is -2.40. The van der Waals surface area contributed by atoms with Crippen molar-refractivity contribution < 1.29 is 4.42 Å². The van der Waals surface area contributed by atoms with Crippen molar-refractivity contribution >= 4 is 72.5 Å². The minimum absolute atomic E-state index is 0.610. The van der Waals surface area contributed by atoms with E-state index in [-0.39, 0.29) is 0 Å². The van der Waals surface area contributed by atoms with Crippen LogP contribution in [0.5, 0.6) is 0 Å². The molecule has 2 aliphatic rings. The second kappa shape index (κ2) is 17.7. The highest BCUT2D eigenvalue weighted by Crippen LogP contribution is 2.64. The molecule has 1 aromatic heterocycles. The van der Waals surface area contributed by atoms with Crippen LogP contribution >= 0.6 is 0 Å². The molecule has 0 aliphatic heterocycles. The van der Waals surface area contributed by atoms with Crippen LogP contribution in [0.25, 0.3) is 82.1 Å². The number of rotatable bonds is 8. The fourth-order valence-corrected chi connectivity index (χ4v) is 12.7. The summed E-state index contributed by atoms with van der Waals surface area (Å²) in [5.74, 6) is 0. The number of nitriles is 1. The van der Waals surface area contributed by atoms with E-state index >= 15 is 0 Å². The molecule has 1 spiro atoms. The molecular weight excluding hydrogens is 949 g/mol. The molecule has 0 fully saturated rings. The summed E-state index contributed by atoms with van der Waals surface area (Å²) in [5, 5.41) is 14.2. The SMILES string of the molecule is [C-]#[N+]c1ccc(N(c2ccccc2)c2ccc(-c3ccc4c(c3)C3(c5cc(-c6ccc(N(c7ccccc7)c7ccc(C#N)cc7)cc6)ccc5-4)c4ccc5c(oc6ccccc65)c4-c4cccc5cccc3c45)cc2)cc1. The molecule has 0 saturated carbocycles. The maximum atomic E-state index is 9.61. The van der Waals surface area contributed by atoms with Crippen LogP contribution in [0.15, 0.2) is 271 Å². The van der Waals surface area contributed by atoms with Gasteiger partial charge in [-0.15, -0.1) is 0 Å². The minimum Gasteiger partial charge on any atom is -0.455 e. The summed E-state index contributed by atoms with van der Waals surface area (Å²) in [6, 6.07) is 97.2. The lowest BCUT2D eigenvalue weighted by atomic mass is 9.61. The number of nitrogens with zero attached hydrogens (tertiary/aromatic N) is 4. The molecule has 1 heterocycles. The molecule has 1 atom stereocenters. The number of hydrogen-bond donors (Lipinski definition) is 0. The minimum atomic E-state index is -0.742. The zero-order valence-electron chi connectivity index (χ0n) is 42.1. The molecule has 78 heavy (non-hydrogen) atoms. The molecule has 2 aliphatic carbocycles. The van der Waals surface area contributed by atoms with Crippen molar-refractivity contribution in [2.75, 3.05) is 9.80 Å². The van der Waals surface area contributed by atoms with Crippen molar-refractivity contribution in [3.05, 3.63) is 306 Å². The molecule has 0 amide bonds. The van der Waals surface area contributed by atoms with Gasteiger partial charge in [-0.2, -0.15) is 5.26 Å². The van der Waals surface area contributed by atoms with E-state index in [0.717, 1.165) is 83.9 Å². The average Bonchev–Trinajstić information content (AvgIpc) is 2.48. The van der Waals surface area contributed by atoms with Crippen molar-refractivity contribution in [3.8, 4) is 50.6 Å². The topological polar surface area (TPSA) is 47.8 Å². The van der Waals surface area contributed by atoms with Gasteiger partial charge in [0.25, 0.3) is 0 Å². The molecule has 5 nitrogen and oxygen atoms in total. The zero-order valence-corrected chi connectivity index (χ0v) is 42.1. The van der Waals surface area contributed by atoms with Crippen LogP contribution in [0.4, 0.5) is 39.8 Å². The Labute approximate surface area is 451 Å². The Morgan fingerprint density at radius 2 is 0.897 bits per heavy atom. The first-order valence-electron chi connectivity index (χ1n) is 26.2. The molecule has 0 bridgehead atoms. The molecule has 5 heteroatoms. The van der Waals surface area contributed by atoms with Gasteiger partial charge in [0.15, 0.2) is 5.69 Å². The Bertz CT molecular complexity index is 4410. The van der Waals surface area contributed by atoms with Crippen LogP contribution in [0.2, 0.25) is 0 Å². The number of benzene rings is 12. The van der Waals surface area contributed by atoms with Crippen LogP contribution in [0.1, 0.15) is 27.8 Å². The van der Waals surface area contributed by atoms with Gasteiger partial charge in [0.05, 0.1) is 23.6 Å². The molecule has 362 valence electrons. The first kappa shape index (κ1) is 44.7. The Morgan fingerprint density at radius 3 is 1.46 bits per heavy atom. The van der Waals surface area contributed by atoms with E-state index in [1.165, 1.54) is 49.7 Å². The average molecular weight is 993 g/mol. The third-order valence-corrected chi connectivity index (χ3v) is 16.1. The number of anilines is 6. The highest BCUT2D eigenvalue weighted by molar-refractivity contribution is 6.17. The van der Waals surface area contributed by atoms with E-state index in [0.29, 0.717) is 11.3 Å². The van der Waals surface area contributed by atoms with Crippen molar-refractivity contribution in [2.45, 2.75) is 5.41 Å². The lowest BCUT2D eigenvalue weighted by molar-refractivity contribution is 0.667. The van der Waals surface area contributed by atoms with Gasteiger partial charge < -0.3 is 14.2 Å². The Morgan fingerprint density at radius 1 is 0.397 bits per heavy atom.